The molecule has 1 fully saturated rings. The van der Waals surface area contributed by atoms with Crippen molar-refractivity contribution in [3.8, 4) is 0 Å². The van der Waals surface area contributed by atoms with Gasteiger partial charge in [0.1, 0.15) is 0 Å². The number of hydrogen-bond donors (Lipinski definition) is 2. The molecule has 2 aromatic rings. The average Bonchev–Trinajstić information content (AvgIpc) is 2.48. The number of nitrogens with one attached hydrogen (secondary N) is 2. The Morgan fingerprint density at radius 3 is 2.75 bits per heavy atom. The van der Waals surface area contributed by atoms with Crippen LogP contribution in [0.4, 0.5) is 5.69 Å². The van der Waals surface area contributed by atoms with Gasteiger partial charge >= 0.3 is 0 Å². The molecular formula is C16H16N2O2. The van der Waals surface area contributed by atoms with Gasteiger partial charge in [-0.05, 0) is 17.9 Å². The Labute approximate surface area is 117 Å². The topological polar surface area (TPSA) is 58.2 Å². The number of benzene rings is 2. The van der Waals surface area contributed by atoms with E-state index in [-0.39, 0.29) is 17.7 Å². The third-order valence-corrected chi connectivity index (χ3v) is 3.68. The van der Waals surface area contributed by atoms with Gasteiger partial charge in [-0.3, -0.25) is 9.59 Å². The van der Waals surface area contributed by atoms with E-state index in [1.165, 1.54) is 0 Å². The summed E-state index contributed by atoms with van der Waals surface area (Å²) in [5, 5.41) is 7.85. The Bertz CT molecular complexity index is 651. The zero-order valence-corrected chi connectivity index (χ0v) is 11.1. The van der Waals surface area contributed by atoms with Crippen LogP contribution in [0.5, 0.6) is 0 Å². The third-order valence-electron chi connectivity index (χ3n) is 3.68. The molecule has 1 atom stereocenters. The van der Waals surface area contributed by atoms with E-state index in [1.54, 1.807) is 0 Å². The van der Waals surface area contributed by atoms with Crippen molar-refractivity contribution in [3.63, 3.8) is 0 Å². The Morgan fingerprint density at radius 2 is 1.95 bits per heavy atom. The van der Waals surface area contributed by atoms with E-state index in [1.807, 2.05) is 42.5 Å². The maximum absolute atomic E-state index is 12.3. The fraction of sp³-hybridized carbons (Fsp3) is 0.250. The molecule has 2 amide bonds. The first-order chi connectivity index (χ1) is 9.74. The molecule has 1 saturated heterocycles. The molecule has 1 aliphatic heterocycles. The minimum Gasteiger partial charge on any atom is -0.355 e. The van der Waals surface area contributed by atoms with Gasteiger partial charge in [0, 0.05) is 24.0 Å². The molecule has 1 unspecified atom stereocenters. The predicted molar refractivity (Wildman–Crippen MR) is 78.3 cm³/mol. The standard InChI is InChI=1S/C16H16N2O2/c19-15-9-8-12(10-17-15)16(20)18-14-7-3-5-11-4-1-2-6-13(11)14/h1-7,12H,8-10H2,(H,17,19)(H,18,20). The lowest BCUT2D eigenvalue weighted by atomic mass is 9.98. The summed E-state index contributed by atoms with van der Waals surface area (Å²) in [6, 6.07) is 13.8. The highest BCUT2D eigenvalue weighted by Gasteiger charge is 2.24. The van der Waals surface area contributed by atoms with Crippen LogP contribution in [0.25, 0.3) is 10.8 Å². The maximum atomic E-state index is 12.3. The number of amides is 2. The fourth-order valence-electron chi connectivity index (χ4n) is 2.53. The molecule has 3 rings (SSSR count). The lowest BCUT2D eigenvalue weighted by molar-refractivity contribution is -0.126. The Hall–Kier alpha value is -2.36. The van der Waals surface area contributed by atoms with Crippen molar-refractivity contribution in [2.45, 2.75) is 12.8 Å². The highest BCUT2D eigenvalue weighted by Crippen LogP contribution is 2.24. The average molecular weight is 268 g/mol. The van der Waals surface area contributed by atoms with E-state index in [9.17, 15) is 9.59 Å². The molecule has 0 aromatic heterocycles. The number of carbonyl (C=O) groups is 2. The van der Waals surface area contributed by atoms with Gasteiger partial charge in [-0.2, -0.15) is 0 Å². The first kappa shape index (κ1) is 12.7. The zero-order valence-electron chi connectivity index (χ0n) is 11.1. The predicted octanol–water partition coefficient (Wildman–Crippen LogP) is 2.30. The number of rotatable bonds is 2. The van der Waals surface area contributed by atoms with Crippen molar-refractivity contribution in [2.24, 2.45) is 5.92 Å². The molecule has 1 aliphatic rings. The van der Waals surface area contributed by atoms with Gasteiger partial charge in [0.05, 0.1) is 5.92 Å². The van der Waals surface area contributed by atoms with Crippen LogP contribution in [0.1, 0.15) is 12.8 Å². The molecule has 20 heavy (non-hydrogen) atoms. The molecule has 0 radical (unpaired) electrons. The molecule has 0 saturated carbocycles. The second kappa shape index (κ2) is 5.33. The first-order valence-electron chi connectivity index (χ1n) is 6.79. The Balaban J connectivity index is 1.79. The van der Waals surface area contributed by atoms with Crippen LogP contribution < -0.4 is 10.6 Å². The molecule has 0 bridgehead atoms. The number of piperidine rings is 1. The van der Waals surface area contributed by atoms with Crippen molar-refractivity contribution in [1.29, 1.82) is 0 Å². The van der Waals surface area contributed by atoms with Gasteiger partial charge in [-0.25, -0.2) is 0 Å². The lowest BCUT2D eigenvalue weighted by Crippen LogP contribution is -2.40. The molecule has 4 heteroatoms. The number of carbonyl (C=O) groups excluding carboxylic acids is 2. The summed E-state index contributed by atoms with van der Waals surface area (Å²) in [6.07, 6.45) is 1.04. The van der Waals surface area contributed by atoms with Gasteiger partial charge in [-0.15, -0.1) is 0 Å². The first-order valence-corrected chi connectivity index (χ1v) is 6.79. The van der Waals surface area contributed by atoms with Crippen LogP contribution in [0, 0.1) is 5.92 Å². The van der Waals surface area contributed by atoms with Crippen LogP contribution >= 0.6 is 0 Å². The van der Waals surface area contributed by atoms with Gasteiger partial charge in [0.2, 0.25) is 11.8 Å². The fourth-order valence-corrected chi connectivity index (χ4v) is 2.53. The van der Waals surface area contributed by atoms with Gasteiger partial charge in [0.25, 0.3) is 0 Å². The van der Waals surface area contributed by atoms with Crippen LogP contribution in [0.2, 0.25) is 0 Å². The van der Waals surface area contributed by atoms with Crippen molar-refractivity contribution in [2.75, 3.05) is 11.9 Å². The Morgan fingerprint density at radius 1 is 1.15 bits per heavy atom. The molecule has 1 heterocycles. The summed E-state index contributed by atoms with van der Waals surface area (Å²) < 4.78 is 0. The number of anilines is 1. The van der Waals surface area contributed by atoms with E-state index in [4.69, 9.17) is 0 Å². The monoisotopic (exact) mass is 268 g/mol. The number of hydrogen-bond acceptors (Lipinski definition) is 2. The van der Waals surface area contributed by atoms with Gasteiger partial charge in [0.15, 0.2) is 0 Å². The minimum absolute atomic E-state index is 0.0265. The molecule has 2 N–H and O–H groups in total. The van der Waals surface area contributed by atoms with Gasteiger partial charge < -0.3 is 10.6 Å². The molecule has 0 spiro atoms. The second-order valence-corrected chi connectivity index (χ2v) is 5.06. The van der Waals surface area contributed by atoms with E-state index in [2.05, 4.69) is 10.6 Å². The highest BCUT2D eigenvalue weighted by atomic mass is 16.2. The van der Waals surface area contributed by atoms with E-state index < -0.39 is 0 Å². The van der Waals surface area contributed by atoms with Crippen LogP contribution in [-0.4, -0.2) is 18.4 Å². The molecule has 2 aromatic carbocycles. The van der Waals surface area contributed by atoms with E-state index >= 15 is 0 Å². The summed E-state index contributed by atoms with van der Waals surface area (Å²) in [7, 11) is 0. The maximum Gasteiger partial charge on any atom is 0.229 e. The smallest absolute Gasteiger partial charge is 0.229 e. The zero-order chi connectivity index (χ0) is 13.9. The second-order valence-electron chi connectivity index (χ2n) is 5.06. The quantitative estimate of drug-likeness (QED) is 0.878. The normalized spacial score (nSPS) is 18.6. The lowest BCUT2D eigenvalue weighted by Gasteiger charge is -2.22. The SMILES string of the molecule is O=C1CCC(C(=O)Nc2cccc3ccccc23)CN1. The number of fused-ring (bicyclic) bond motifs is 1. The summed E-state index contributed by atoms with van der Waals surface area (Å²) in [5.41, 5.74) is 0.824. The summed E-state index contributed by atoms with van der Waals surface area (Å²) in [5.74, 6) is -0.146. The highest BCUT2D eigenvalue weighted by molar-refractivity contribution is 6.03. The van der Waals surface area contributed by atoms with Crippen molar-refractivity contribution in [1.82, 2.24) is 5.32 Å². The van der Waals surface area contributed by atoms with Crippen molar-refractivity contribution >= 4 is 28.3 Å². The van der Waals surface area contributed by atoms with Crippen LogP contribution in [-0.2, 0) is 9.59 Å². The molecular weight excluding hydrogens is 252 g/mol. The molecule has 4 nitrogen and oxygen atoms in total. The largest absolute Gasteiger partial charge is 0.355 e. The van der Waals surface area contributed by atoms with E-state index in [0.717, 1.165) is 16.5 Å². The van der Waals surface area contributed by atoms with Crippen molar-refractivity contribution < 1.29 is 9.59 Å². The summed E-state index contributed by atoms with van der Waals surface area (Å²) in [4.78, 5) is 23.4. The summed E-state index contributed by atoms with van der Waals surface area (Å²) in [6.45, 7) is 0.426. The van der Waals surface area contributed by atoms with Crippen molar-refractivity contribution in [3.05, 3.63) is 42.5 Å². The minimum atomic E-state index is -0.147. The Kier molecular flexibility index (Phi) is 3.37. The molecule has 102 valence electrons. The van der Waals surface area contributed by atoms with Crippen LogP contribution in [0.3, 0.4) is 0 Å². The third kappa shape index (κ3) is 2.50. The summed E-state index contributed by atoms with van der Waals surface area (Å²) >= 11 is 0. The van der Waals surface area contributed by atoms with Gasteiger partial charge in [-0.1, -0.05) is 36.4 Å². The van der Waals surface area contributed by atoms with Crippen LogP contribution in [0.15, 0.2) is 42.5 Å². The molecule has 0 aliphatic carbocycles. The van der Waals surface area contributed by atoms with E-state index in [0.29, 0.717) is 19.4 Å².